The topological polar surface area (TPSA) is 0 Å². The summed E-state index contributed by atoms with van der Waals surface area (Å²) in [5.74, 6) is 0. The Hall–Kier alpha value is -6.24. The van der Waals surface area contributed by atoms with Gasteiger partial charge in [-0.15, -0.1) is 0 Å². The molecule has 0 radical (unpaired) electrons. The molecule has 0 aliphatic rings. The Balaban J connectivity index is 1.26. The van der Waals surface area contributed by atoms with Crippen molar-refractivity contribution in [1.82, 2.24) is 0 Å². The van der Waals surface area contributed by atoms with Crippen molar-refractivity contribution in [1.29, 1.82) is 0 Å². The molecule has 0 saturated heterocycles. The molecular formula is C48H30. The van der Waals surface area contributed by atoms with E-state index in [4.69, 9.17) is 0 Å². The van der Waals surface area contributed by atoms with Crippen molar-refractivity contribution in [2.24, 2.45) is 0 Å². The van der Waals surface area contributed by atoms with Gasteiger partial charge in [-0.2, -0.15) is 0 Å². The Kier molecular flexibility index (Phi) is 5.98. The van der Waals surface area contributed by atoms with Gasteiger partial charge in [0.15, 0.2) is 0 Å². The van der Waals surface area contributed by atoms with Crippen molar-refractivity contribution in [3.05, 3.63) is 182 Å². The highest BCUT2D eigenvalue weighted by atomic mass is 14.2. The average molecular weight is 607 g/mol. The zero-order valence-corrected chi connectivity index (χ0v) is 26.3. The van der Waals surface area contributed by atoms with Crippen LogP contribution >= 0.6 is 0 Å². The van der Waals surface area contributed by atoms with Gasteiger partial charge in [0.2, 0.25) is 0 Å². The molecule has 0 aromatic heterocycles. The molecule has 0 unspecified atom stereocenters. The summed E-state index contributed by atoms with van der Waals surface area (Å²) in [4.78, 5) is 0. The van der Waals surface area contributed by atoms with Gasteiger partial charge in [-0.3, -0.25) is 0 Å². The van der Waals surface area contributed by atoms with E-state index in [0.717, 1.165) is 0 Å². The molecular weight excluding hydrogens is 577 g/mol. The highest BCUT2D eigenvalue weighted by molar-refractivity contribution is 6.28. The van der Waals surface area contributed by atoms with Crippen LogP contribution in [0.4, 0.5) is 0 Å². The predicted molar refractivity (Wildman–Crippen MR) is 208 cm³/mol. The highest BCUT2D eigenvalue weighted by Crippen LogP contribution is 2.47. The second-order valence-electron chi connectivity index (χ2n) is 12.8. The van der Waals surface area contributed by atoms with Gasteiger partial charge in [0.1, 0.15) is 0 Å². The maximum absolute atomic E-state index is 2.43. The second-order valence-corrected chi connectivity index (χ2v) is 12.8. The van der Waals surface area contributed by atoms with Crippen LogP contribution in [0.1, 0.15) is 0 Å². The normalized spacial score (nSPS) is 11.8. The first kappa shape index (κ1) is 26.9. The third kappa shape index (κ3) is 4.10. The van der Waals surface area contributed by atoms with E-state index < -0.39 is 0 Å². The Morgan fingerprint density at radius 2 is 0.708 bits per heavy atom. The molecule has 0 heteroatoms. The highest BCUT2D eigenvalue weighted by Gasteiger charge is 2.19. The fourth-order valence-electron chi connectivity index (χ4n) is 8.03. The maximum atomic E-state index is 2.43. The van der Waals surface area contributed by atoms with Crippen LogP contribution in [0, 0.1) is 0 Å². The van der Waals surface area contributed by atoms with E-state index in [9.17, 15) is 0 Å². The quantitative estimate of drug-likeness (QED) is 0.139. The Labute approximate surface area is 279 Å². The van der Waals surface area contributed by atoms with Crippen LogP contribution in [0.25, 0.3) is 98.0 Å². The largest absolute Gasteiger partial charge is 0.0622 e. The lowest BCUT2D eigenvalue weighted by Gasteiger charge is -2.20. The molecule has 0 fully saturated rings. The Morgan fingerprint density at radius 3 is 1.40 bits per heavy atom. The molecule has 10 rings (SSSR count). The van der Waals surface area contributed by atoms with Crippen molar-refractivity contribution in [3.8, 4) is 33.4 Å². The number of hydrogen-bond donors (Lipinski definition) is 0. The first-order valence-corrected chi connectivity index (χ1v) is 16.7. The van der Waals surface area contributed by atoms with Gasteiger partial charge in [-0.25, -0.2) is 0 Å². The second kappa shape index (κ2) is 10.7. The molecule has 10 aromatic rings. The molecule has 0 spiro atoms. The monoisotopic (exact) mass is 606 g/mol. The van der Waals surface area contributed by atoms with Crippen molar-refractivity contribution >= 4 is 64.6 Å². The molecule has 0 amide bonds. The fraction of sp³-hybridized carbons (Fsp3) is 0. The van der Waals surface area contributed by atoms with Gasteiger partial charge in [0, 0.05) is 0 Å². The Bertz CT molecular complexity index is 2820. The maximum Gasteiger partial charge on any atom is -0.00199 e. The first-order valence-electron chi connectivity index (χ1n) is 16.7. The van der Waals surface area contributed by atoms with Crippen molar-refractivity contribution in [2.75, 3.05) is 0 Å². The summed E-state index contributed by atoms with van der Waals surface area (Å²) < 4.78 is 0. The molecule has 0 N–H and O–H groups in total. The molecule has 0 saturated carbocycles. The van der Waals surface area contributed by atoms with Crippen LogP contribution in [0.2, 0.25) is 0 Å². The van der Waals surface area contributed by atoms with Crippen LogP contribution in [0.5, 0.6) is 0 Å². The van der Waals surface area contributed by atoms with E-state index in [0.29, 0.717) is 0 Å². The van der Waals surface area contributed by atoms with E-state index >= 15 is 0 Å². The zero-order chi connectivity index (χ0) is 31.6. The molecule has 48 heavy (non-hydrogen) atoms. The van der Waals surface area contributed by atoms with Gasteiger partial charge in [0.25, 0.3) is 0 Å². The third-order valence-corrected chi connectivity index (χ3v) is 10.2. The van der Waals surface area contributed by atoms with E-state index in [1.807, 2.05) is 0 Å². The molecule has 10 aromatic carbocycles. The predicted octanol–water partition coefficient (Wildman–Crippen LogP) is 13.6. The fourth-order valence-corrected chi connectivity index (χ4v) is 8.03. The van der Waals surface area contributed by atoms with Gasteiger partial charge in [-0.1, -0.05) is 164 Å². The van der Waals surface area contributed by atoms with Crippen LogP contribution in [0.3, 0.4) is 0 Å². The molecule has 0 nitrogen and oxygen atoms in total. The molecule has 0 heterocycles. The van der Waals surface area contributed by atoms with E-state index in [1.54, 1.807) is 0 Å². The summed E-state index contributed by atoms with van der Waals surface area (Å²) in [5, 5.41) is 15.3. The van der Waals surface area contributed by atoms with E-state index in [-0.39, 0.29) is 0 Å². The summed E-state index contributed by atoms with van der Waals surface area (Å²) >= 11 is 0. The minimum atomic E-state index is 1.24. The minimum absolute atomic E-state index is 1.24. The van der Waals surface area contributed by atoms with Gasteiger partial charge >= 0.3 is 0 Å². The number of hydrogen-bond acceptors (Lipinski definition) is 0. The van der Waals surface area contributed by atoms with Crippen LogP contribution in [-0.2, 0) is 0 Å². The summed E-state index contributed by atoms with van der Waals surface area (Å²) in [5.41, 5.74) is 7.58. The van der Waals surface area contributed by atoms with Gasteiger partial charge in [0.05, 0.1) is 0 Å². The van der Waals surface area contributed by atoms with Gasteiger partial charge < -0.3 is 0 Å². The Morgan fingerprint density at radius 1 is 0.229 bits per heavy atom. The van der Waals surface area contributed by atoms with Crippen LogP contribution in [0.15, 0.2) is 182 Å². The molecule has 0 bridgehead atoms. The lowest BCUT2D eigenvalue weighted by atomic mass is 9.83. The number of benzene rings is 10. The molecule has 222 valence electrons. The van der Waals surface area contributed by atoms with Crippen molar-refractivity contribution in [2.45, 2.75) is 0 Å². The van der Waals surface area contributed by atoms with Crippen molar-refractivity contribution in [3.63, 3.8) is 0 Å². The first-order chi connectivity index (χ1) is 23.8. The molecule has 0 aliphatic carbocycles. The summed E-state index contributed by atoms with van der Waals surface area (Å²) in [6.07, 6.45) is 0. The van der Waals surface area contributed by atoms with E-state index in [1.165, 1.54) is 98.0 Å². The van der Waals surface area contributed by atoms with Gasteiger partial charge in [-0.05, 0) is 116 Å². The number of fused-ring (bicyclic) bond motifs is 8. The molecule has 0 aliphatic heterocycles. The van der Waals surface area contributed by atoms with E-state index in [2.05, 4.69) is 182 Å². The lowest BCUT2D eigenvalue weighted by molar-refractivity contribution is 1.64. The average Bonchev–Trinajstić information content (AvgIpc) is 3.16. The van der Waals surface area contributed by atoms with Crippen molar-refractivity contribution < 1.29 is 0 Å². The minimum Gasteiger partial charge on any atom is -0.0622 e. The third-order valence-electron chi connectivity index (χ3n) is 10.2. The summed E-state index contributed by atoms with van der Waals surface area (Å²) in [7, 11) is 0. The standard InChI is InChI=1S/C48H30/c1-2-12-31(13-3-1)33-23-24-35-29-36(27-25-34(35)28-33)47-41-18-8-10-20-43(41)48(44-21-11-9-19-42(44)47)45-30-37-26-22-32-14-4-5-15-38(32)46(37)40-17-7-6-16-39(40)45/h1-30H. The number of rotatable bonds is 3. The SMILES string of the molecule is c1ccc(-c2ccc3cc(-c4c5ccccc5c(-c5cc6ccc7ccccc7c6c6ccccc56)c5ccccc45)ccc3c2)cc1. The summed E-state index contributed by atoms with van der Waals surface area (Å²) in [6, 6.07) is 67.1. The smallest absolute Gasteiger partial charge is 0.00199 e. The summed E-state index contributed by atoms with van der Waals surface area (Å²) in [6.45, 7) is 0. The lowest BCUT2D eigenvalue weighted by Crippen LogP contribution is -1.92. The zero-order valence-electron chi connectivity index (χ0n) is 26.3. The van der Waals surface area contributed by atoms with Crippen LogP contribution < -0.4 is 0 Å². The van der Waals surface area contributed by atoms with Crippen LogP contribution in [-0.4, -0.2) is 0 Å². The molecule has 0 atom stereocenters.